The lowest BCUT2D eigenvalue weighted by molar-refractivity contribution is -0.384. The molecule has 0 unspecified atom stereocenters. The van der Waals surface area contributed by atoms with Gasteiger partial charge in [-0.15, -0.1) is 0 Å². The van der Waals surface area contributed by atoms with E-state index in [0.29, 0.717) is 12.1 Å². The maximum atomic E-state index is 13.4. The van der Waals surface area contributed by atoms with Gasteiger partial charge in [-0.05, 0) is 49.2 Å². The monoisotopic (exact) mass is 418 g/mol. The first-order chi connectivity index (χ1) is 15.1. The molecule has 0 aliphatic carbocycles. The van der Waals surface area contributed by atoms with Gasteiger partial charge in [-0.2, -0.15) is 0 Å². The third-order valence-electron chi connectivity index (χ3n) is 5.85. The Morgan fingerprint density at radius 3 is 2.65 bits per heavy atom. The van der Waals surface area contributed by atoms with Crippen molar-refractivity contribution in [3.8, 4) is 5.69 Å². The number of non-ortho nitro benzene ring substituents is 1. The van der Waals surface area contributed by atoms with Crippen LogP contribution in [0, 0.1) is 10.1 Å². The van der Waals surface area contributed by atoms with Crippen LogP contribution in [-0.4, -0.2) is 39.6 Å². The topological polar surface area (TPSA) is 89.6 Å². The highest BCUT2D eigenvalue weighted by Gasteiger charge is 2.36. The van der Waals surface area contributed by atoms with E-state index in [1.165, 1.54) is 12.1 Å². The summed E-state index contributed by atoms with van der Waals surface area (Å²) < 4.78 is 7.77. The number of benzene rings is 2. The molecule has 2 aliphatic rings. The Labute approximate surface area is 179 Å². The Balaban J connectivity index is 1.53. The van der Waals surface area contributed by atoms with Crippen molar-refractivity contribution in [2.45, 2.75) is 25.1 Å². The number of carbonyl (C=O) groups excluding carboxylic acids is 1. The summed E-state index contributed by atoms with van der Waals surface area (Å²) >= 11 is 0. The molecule has 8 nitrogen and oxygen atoms in total. The highest BCUT2D eigenvalue weighted by molar-refractivity contribution is 6.01. The molecule has 8 heteroatoms. The van der Waals surface area contributed by atoms with E-state index in [0.717, 1.165) is 36.5 Å². The average molecular weight is 418 g/mol. The summed E-state index contributed by atoms with van der Waals surface area (Å²) in [5, 5.41) is 14.5. The quantitative estimate of drug-likeness (QED) is 0.497. The number of nitrogens with zero attached hydrogens (tertiary/aromatic N) is 3. The Morgan fingerprint density at radius 2 is 1.90 bits per heavy atom. The van der Waals surface area contributed by atoms with Gasteiger partial charge in [0.05, 0.1) is 22.3 Å². The second-order valence-corrected chi connectivity index (χ2v) is 7.76. The van der Waals surface area contributed by atoms with Gasteiger partial charge in [0.15, 0.2) is 0 Å². The number of carbonyl (C=O) groups is 1. The second-order valence-electron chi connectivity index (χ2n) is 7.76. The standard InChI is InChI=1S/C23H22N4O4/c28-23-19-6-1-2-7-20(19)24-22(26(23)15-18-5-4-14-31-18)21-8-3-13-25(21)16-9-11-17(12-10-16)27(29)30/h1-3,6-13,18,22,24H,4-5,14-15H2/t18-,22-/m0/s1. The number of anilines is 1. The molecule has 2 atom stereocenters. The first-order valence-electron chi connectivity index (χ1n) is 10.3. The van der Waals surface area contributed by atoms with E-state index in [1.807, 2.05) is 52.1 Å². The van der Waals surface area contributed by atoms with E-state index >= 15 is 0 Å². The summed E-state index contributed by atoms with van der Waals surface area (Å²) in [6.45, 7) is 1.22. The van der Waals surface area contributed by atoms with E-state index in [1.54, 1.807) is 12.1 Å². The molecule has 1 fully saturated rings. The van der Waals surface area contributed by atoms with Crippen LogP contribution in [0.2, 0.25) is 0 Å². The molecule has 5 rings (SSSR count). The van der Waals surface area contributed by atoms with Crippen LogP contribution in [0.4, 0.5) is 11.4 Å². The van der Waals surface area contributed by atoms with Gasteiger partial charge in [0.1, 0.15) is 6.17 Å². The Bertz CT molecular complexity index is 1120. The minimum atomic E-state index is -0.415. The van der Waals surface area contributed by atoms with Crippen molar-refractivity contribution < 1.29 is 14.5 Å². The van der Waals surface area contributed by atoms with E-state index in [4.69, 9.17) is 4.74 Å². The SMILES string of the molecule is O=C1c2ccccc2N[C@H](c2cccn2-c2ccc([N+](=O)[O-])cc2)N1C[C@@H]1CCCO1. The number of ether oxygens (including phenoxy) is 1. The number of fused-ring (bicyclic) bond motifs is 1. The Hall–Kier alpha value is -3.65. The van der Waals surface area contributed by atoms with Gasteiger partial charge < -0.3 is 19.5 Å². The number of nitro benzene ring substituents is 1. The molecular weight excluding hydrogens is 396 g/mol. The molecule has 1 aromatic heterocycles. The molecule has 3 aromatic rings. The lowest BCUT2D eigenvalue weighted by Crippen LogP contribution is -2.46. The number of nitrogens with one attached hydrogen (secondary N) is 1. The minimum absolute atomic E-state index is 0.0151. The van der Waals surface area contributed by atoms with Crippen molar-refractivity contribution in [2.75, 3.05) is 18.5 Å². The first kappa shape index (κ1) is 19.3. The fourth-order valence-corrected chi connectivity index (χ4v) is 4.31. The fraction of sp³-hybridized carbons (Fsp3) is 0.261. The summed E-state index contributed by atoms with van der Waals surface area (Å²) in [6.07, 6.45) is 3.45. The van der Waals surface area contributed by atoms with E-state index in [2.05, 4.69) is 5.32 Å². The summed E-state index contributed by atoms with van der Waals surface area (Å²) in [6, 6.07) is 17.8. The molecule has 0 saturated carbocycles. The maximum Gasteiger partial charge on any atom is 0.269 e. The lowest BCUT2D eigenvalue weighted by Gasteiger charge is -2.39. The van der Waals surface area contributed by atoms with Crippen molar-refractivity contribution in [1.29, 1.82) is 0 Å². The molecule has 0 radical (unpaired) electrons. The van der Waals surface area contributed by atoms with Crippen molar-refractivity contribution in [3.63, 3.8) is 0 Å². The molecule has 1 amide bonds. The van der Waals surface area contributed by atoms with E-state index < -0.39 is 11.1 Å². The molecule has 3 heterocycles. The van der Waals surface area contributed by atoms with Crippen LogP contribution >= 0.6 is 0 Å². The highest BCUT2D eigenvalue weighted by Crippen LogP contribution is 2.35. The van der Waals surface area contributed by atoms with Gasteiger partial charge in [0, 0.05) is 42.9 Å². The third kappa shape index (κ3) is 3.55. The average Bonchev–Trinajstić information content (AvgIpc) is 3.48. The van der Waals surface area contributed by atoms with Gasteiger partial charge in [0.25, 0.3) is 11.6 Å². The van der Waals surface area contributed by atoms with Crippen LogP contribution in [0.1, 0.15) is 35.1 Å². The zero-order chi connectivity index (χ0) is 21.4. The van der Waals surface area contributed by atoms with Gasteiger partial charge in [-0.25, -0.2) is 0 Å². The summed E-state index contributed by atoms with van der Waals surface area (Å²) in [5.74, 6) is -0.0358. The van der Waals surface area contributed by atoms with Gasteiger partial charge in [-0.3, -0.25) is 14.9 Å². The number of para-hydroxylation sites is 1. The Kier molecular flexibility index (Phi) is 4.91. The number of hydrogen-bond acceptors (Lipinski definition) is 5. The predicted molar refractivity (Wildman–Crippen MR) is 115 cm³/mol. The van der Waals surface area contributed by atoms with Crippen LogP contribution in [0.5, 0.6) is 0 Å². The molecule has 2 aliphatic heterocycles. The van der Waals surface area contributed by atoms with Gasteiger partial charge >= 0.3 is 0 Å². The predicted octanol–water partition coefficient (Wildman–Crippen LogP) is 4.13. The van der Waals surface area contributed by atoms with Crippen molar-refractivity contribution in [1.82, 2.24) is 9.47 Å². The van der Waals surface area contributed by atoms with E-state index in [-0.39, 0.29) is 17.7 Å². The molecule has 2 aromatic carbocycles. The molecule has 1 N–H and O–H groups in total. The largest absolute Gasteiger partial charge is 0.376 e. The normalized spacial score (nSPS) is 20.4. The highest BCUT2D eigenvalue weighted by atomic mass is 16.6. The number of aromatic nitrogens is 1. The van der Waals surface area contributed by atoms with Crippen molar-refractivity contribution >= 4 is 17.3 Å². The smallest absolute Gasteiger partial charge is 0.269 e. The van der Waals surface area contributed by atoms with Gasteiger partial charge in [-0.1, -0.05) is 12.1 Å². The zero-order valence-corrected chi connectivity index (χ0v) is 16.8. The first-order valence-corrected chi connectivity index (χ1v) is 10.3. The second kappa shape index (κ2) is 7.88. The molecule has 158 valence electrons. The van der Waals surface area contributed by atoms with Crippen LogP contribution in [0.3, 0.4) is 0 Å². The number of rotatable bonds is 5. The molecule has 1 saturated heterocycles. The molecule has 0 spiro atoms. The third-order valence-corrected chi connectivity index (χ3v) is 5.85. The van der Waals surface area contributed by atoms with Crippen LogP contribution in [-0.2, 0) is 4.74 Å². The van der Waals surface area contributed by atoms with Crippen molar-refractivity contribution in [3.05, 3.63) is 88.2 Å². The summed E-state index contributed by atoms with van der Waals surface area (Å²) in [7, 11) is 0. The molecule has 31 heavy (non-hydrogen) atoms. The summed E-state index contributed by atoms with van der Waals surface area (Å²) in [4.78, 5) is 25.8. The van der Waals surface area contributed by atoms with Crippen molar-refractivity contribution in [2.24, 2.45) is 0 Å². The van der Waals surface area contributed by atoms with Crippen LogP contribution in [0.25, 0.3) is 5.69 Å². The number of amides is 1. The minimum Gasteiger partial charge on any atom is -0.376 e. The van der Waals surface area contributed by atoms with Crippen LogP contribution in [0.15, 0.2) is 66.9 Å². The van der Waals surface area contributed by atoms with Crippen LogP contribution < -0.4 is 5.32 Å². The number of nitro groups is 1. The summed E-state index contributed by atoms with van der Waals surface area (Å²) in [5.41, 5.74) is 3.13. The molecule has 0 bridgehead atoms. The fourth-order valence-electron chi connectivity index (χ4n) is 4.31. The van der Waals surface area contributed by atoms with E-state index in [9.17, 15) is 14.9 Å². The molecular formula is C23H22N4O4. The zero-order valence-electron chi connectivity index (χ0n) is 16.8. The Morgan fingerprint density at radius 1 is 1.10 bits per heavy atom. The number of hydrogen-bond donors (Lipinski definition) is 1. The van der Waals surface area contributed by atoms with Gasteiger partial charge in [0.2, 0.25) is 0 Å². The lowest BCUT2D eigenvalue weighted by atomic mass is 10.0. The maximum absolute atomic E-state index is 13.4.